The molecular weight excluding hydrogens is 308 g/mol. The second-order valence-corrected chi connectivity index (χ2v) is 4.76. The number of aliphatic carboxylic acids is 1. The van der Waals surface area contributed by atoms with Crippen molar-refractivity contribution in [2.24, 2.45) is 0 Å². The van der Waals surface area contributed by atoms with Crippen molar-refractivity contribution in [1.29, 1.82) is 0 Å². The van der Waals surface area contributed by atoms with Crippen LogP contribution < -0.4 is 5.32 Å². The maximum atomic E-state index is 10.8. The Balaban J connectivity index is 0.00000200. The molecule has 0 fully saturated rings. The van der Waals surface area contributed by atoms with Gasteiger partial charge in [-0.3, -0.25) is 4.79 Å². The van der Waals surface area contributed by atoms with Crippen LogP contribution in [0.3, 0.4) is 0 Å². The second-order valence-electron chi connectivity index (χ2n) is 3.95. The molecule has 0 aliphatic carbocycles. The Morgan fingerprint density at radius 2 is 1.65 bits per heavy atom. The van der Waals surface area contributed by atoms with Gasteiger partial charge in [0.1, 0.15) is 0 Å². The van der Waals surface area contributed by atoms with Crippen LogP contribution in [0.15, 0.2) is 42.5 Å². The summed E-state index contributed by atoms with van der Waals surface area (Å²) in [6.45, 7) is 0. The molecule has 0 aliphatic rings. The molecule has 6 heteroatoms. The average molecular weight is 319 g/mol. The van der Waals surface area contributed by atoms with Crippen LogP contribution in [-0.4, -0.2) is 40.6 Å². The minimum atomic E-state index is -0.889. The first-order valence-electron chi connectivity index (χ1n) is 5.58. The molecule has 2 aromatic rings. The molecule has 0 unspecified atom stereocenters. The number of carboxylic acids is 1. The van der Waals surface area contributed by atoms with Crippen LogP contribution in [0.5, 0.6) is 0 Å². The zero-order valence-corrected chi connectivity index (χ0v) is 14.4. The van der Waals surface area contributed by atoms with Crippen LogP contribution in [-0.2, 0) is 11.2 Å². The number of carbonyl (C=O) groups is 1. The SMILES string of the molecule is O=C(O)Cc1ccccc1Nc1c(Cl)cccc1Cl.[Na]. The molecule has 0 aromatic heterocycles. The van der Waals surface area contributed by atoms with Gasteiger partial charge in [-0.25, -0.2) is 0 Å². The van der Waals surface area contributed by atoms with Crippen LogP contribution in [0.4, 0.5) is 11.4 Å². The van der Waals surface area contributed by atoms with Crippen molar-refractivity contribution >= 4 is 70.1 Å². The van der Waals surface area contributed by atoms with Crippen LogP contribution in [0.2, 0.25) is 10.0 Å². The molecule has 0 spiro atoms. The van der Waals surface area contributed by atoms with E-state index in [1.807, 2.05) is 6.07 Å². The second kappa shape index (κ2) is 7.91. The van der Waals surface area contributed by atoms with Crippen molar-refractivity contribution in [1.82, 2.24) is 0 Å². The fraction of sp³-hybridized carbons (Fsp3) is 0.0714. The standard InChI is InChI=1S/C14H11Cl2NO2.Na/c15-10-5-3-6-11(16)14(10)17-12-7-2-1-4-9(12)8-13(18)19;/h1-7,17H,8H2,(H,18,19);. The summed E-state index contributed by atoms with van der Waals surface area (Å²) in [6.07, 6.45) is -0.0642. The van der Waals surface area contributed by atoms with Crippen molar-refractivity contribution in [3.05, 3.63) is 58.1 Å². The summed E-state index contributed by atoms with van der Waals surface area (Å²) in [5, 5.41) is 12.9. The summed E-state index contributed by atoms with van der Waals surface area (Å²) < 4.78 is 0. The first-order valence-corrected chi connectivity index (χ1v) is 6.34. The number of para-hydroxylation sites is 2. The third kappa shape index (κ3) is 4.40. The fourth-order valence-electron chi connectivity index (χ4n) is 1.71. The van der Waals surface area contributed by atoms with Crippen molar-refractivity contribution in [2.45, 2.75) is 6.42 Å². The Kier molecular flexibility index (Phi) is 6.86. The van der Waals surface area contributed by atoms with Crippen molar-refractivity contribution < 1.29 is 9.90 Å². The summed E-state index contributed by atoms with van der Waals surface area (Å²) in [6, 6.07) is 12.3. The quantitative estimate of drug-likeness (QED) is 0.838. The minimum absolute atomic E-state index is 0. The van der Waals surface area contributed by atoms with E-state index >= 15 is 0 Å². The Bertz CT molecular complexity index is 600. The summed E-state index contributed by atoms with van der Waals surface area (Å²) in [5.41, 5.74) is 1.93. The molecule has 2 N–H and O–H groups in total. The van der Waals surface area contributed by atoms with E-state index in [1.165, 1.54) is 0 Å². The molecule has 0 saturated carbocycles. The predicted octanol–water partition coefficient (Wildman–Crippen LogP) is 3.98. The van der Waals surface area contributed by atoms with Crippen LogP contribution in [0, 0.1) is 0 Å². The third-order valence-electron chi connectivity index (χ3n) is 2.58. The third-order valence-corrected chi connectivity index (χ3v) is 3.21. The number of benzene rings is 2. The Hall–Kier alpha value is -0.710. The van der Waals surface area contributed by atoms with E-state index in [9.17, 15) is 4.79 Å². The molecule has 0 amide bonds. The maximum absolute atomic E-state index is 10.8. The Labute approximate surface area is 149 Å². The molecule has 0 aliphatic heterocycles. The molecule has 0 saturated heterocycles. The van der Waals surface area contributed by atoms with Gasteiger partial charge in [-0.1, -0.05) is 47.5 Å². The smallest absolute Gasteiger partial charge is 0.307 e. The van der Waals surface area contributed by atoms with Crippen molar-refractivity contribution in [2.75, 3.05) is 5.32 Å². The fourth-order valence-corrected chi connectivity index (χ4v) is 2.20. The average Bonchev–Trinajstić information content (AvgIpc) is 2.35. The molecule has 20 heavy (non-hydrogen) atoms. The van der Waals surface area contributed by atoms with Crippen molar-refractivity contribution in [3.63, 3.8) is 0 Å². The maximum Gasteiger partial charge on any atom is 0.307 e. The molecule has 2 rings (SSSR count). The molecular formula is C14H11Cl2NNaO2. The van der Waals surface area contributed by atoms with Gasteiger partial charge in [0.15, 0.2) is 0 Å². The number of carboxylic acid groups (broad SMARTS) is 1. The van der Waals surface area contributed by atoms with E-state index in [-0.39, 0.29) is 36.0 Å². The number of anilines is 2. The summed E-state index contributed by atoms with van der Waals surface area (Å²) in [4.78, 5) is 10.8. The molecule has 1 radical (unpaired) electrons. The molecule has 0 heterocycles. The summed E-state index contributed by atoms with van der Waals surface area (Å²) in [5.74, 6) is -0.889. The van der Waals surface area contributed by atoms with Crippen molar-refractivity contribution in [3.8, 4) is 0 Å². The predicted molar refractivity (Wildman–Crippen MR) is 83.3 cm³/mol. The van der Waals surface area contributed by atoms with E-state index in [0.717, 1.165) is 0 Å². The summed E-state index contributed by atoms with van der Waals surface area (Å²) >= 11 is 12.1. The van der Waals surface area contributed by atoms with Crippen LogP contribution in [0.25, 0.3) is 0 Å². The van der Waals surface area contributed by atoms with Gasteiger partial charge in [0.2, 0.25) is 0 Å². The van der Waals surface area contributed by atoms with Gasteiger partial charge in [0.05, 0.1) is 22.2 Å². The first-order chi connectivity index (χ1) is 9.08. The number of hydrogen-bond donors (Lipinski definition) is 2. The summed E-state index contributed by atoms with van der Waals surface area (Å²) in [7, 11) is 0. The van der Waals surface area contributed by atoms with E-state index in [4.69, 9.17) is 28.3 Å². The van der Waals surface area contributed by atoms with Gasteiger partial charge in [-0.15, -0.1) is 0 Å². The Morgan fingerprint density at radius 1 is 1.05 bits per heavy atom. The number of nitrogens with one attached hydrogen (secondary N) is 1. The van der Waals surface area contributed by atoms with Crippen LogP contribution in [0.1, 0.15) is 5.56 Å². The zero-order valence-electron chi connectivity index (χ0n) is 10.9. The zero-order chi connectivity index (χ0) is 13.8. The monoisotopic (exact) mass is 318 g/mol. The molecule has 3 nitrogen and oxygen atoms in total. The normalized spacial score (nSPS) is 9.70. The minimum Gasteiger partial charge on any atom is -0.481 e. The van der Waals surface area contributed by atoms with Crippen LogP contribution >= 0.6 is 23.2 Å². The number of halogens is 2. The van der Waals surface area contributed by atoms with Gasteiger partial charge >= 0.3 is 5.97 Å². The van der Waals surface area contributed by atoms with E-state index in [1.54, 1.807) is 36.4 Å². The first kappa shape index (κ1) is 17.3. The molecule has 0 bridgehead atoms. The molecule has 0 atom stereocenters. The Morgan fingerprint density at radius 3 is 2.25 bits per heavy atom. The molecule has 99 valence electrons. The van der Waals surface area contributed by atoms with Gasteiger partial charge < -0.3 is 10.4 Å². The topological polar surface area (TPSA) is 49.3 Å². The van der Waals surface area contributed by atoms with E-state index < -0.39 is 5.97 Å². The van der Waals surface area contributed by atoms with Gasteiger partial charge in [0, 0.05) is 35.2 Å². The van der Waals surface area contributed by atoms with E-state index in [0.29, 0.717) is 27.0 Å². The largest absolute Gasteiger partial charge is 0.481 e. The number of rotatable bonds is 4. The van der Waals surface area contributed by atoms with E-state index in [2.05, 4.69) is 5.32 Å². The van der Waals surface area contributed by atoms with Gasteiger partial charge in [-0.2, -0.15) is 0 Å². The van der Waals surface area contributed by atoms with Gasteiger partial charge in [-0.05, 0) is 23.8 Å². The van der Waals surface area contributed by atoms with Gasteiger partial charge in [0.25, 0.3) is 0 Å². The molecule has 2 aromatic carbocycles. The number of hydrogen-bond acceptors (Lipinski definition) is 2.